The van der Waals surface area contributed by atoms with Gasteiger partial charge in [-0.05, 0) is 59.7 Å². The first-order valence-corrected chi connectivity index (χ1v) is 7.58. The van der Waals surface area contributed by atoms with Crippen LogP contribution in [0.5, 0.6) is 0 Å². The molecule has 2 unspecified atom stereocenters. The molecule has 0 heterocycles. The van der Waals surface area contributed by atoms with E-state index in [2.05, 4.69) is 30.9 Å². The summed E-state index contributed by atoms with van der Waals surface area (Å²) in [4.78, 5) is 16.5. The Morgan fingerprint density at radius 1 is 1.30 bits per heavy atom. The van der Waals surface area contributed by atoms with E-state index in [4.69, 9.17) is 10.5 Å². The molecule has 5 heteroatoms. The van der Waals surface area contributed by atoms with Crippen LogP contribution in [0.3, 0.4) is 0 Å². The second kappa shape index (κ2) is 5.62. The lowest BCUT2D eigenvalue weighted by Crippen LogP contribution is -2.58. The Kier molecular flexibility index (Phi) is 4.42. The molecule has 2 saturated carbocycles. The van der Waals surface area contributed by atoms with Gasteiger partial charge in [0.25, 0.3) is 0 Å². The molecule has 2 aliphatic carbocycles. The van der Waals surface area contributed by atoms with Crippen LogP contribution in [0.25, 0.3) is 0 Å². The molecule has 5 nitrogen and oxygen atoms in total. The smallest absolute Gasteiger partial charge is 0.325 e. The predicted octanol–water partition coefficient (Wildman–Crippen LogP) is 0.826. The average molecular weight is 283 g/mol. The molecule has 2 atom stereocenters. The molecule has 0 bridgehead atoms. The van der Waals surface area contributed by atoms with E-state index in [1.165, 1.54) is 26.4 Å². The largest absolute Gasteiger partial charge is 0.468 e. The summed E-state index contributed by atoms with van der Waals surface area (Å²) in [5.74, 6) is -0.264. The number of nitrogens with two attached hydrogens (primary N) is 1. The molecule has 0 saturated heterocycles. The number of carbonyl (C=O) groups excluding carboxylic acids is 1. The Balaban J connectivity index is 1.95. The summed E-state index contributed by atoms with van der Waals surface area (Å²) in [6, 6.07) is 0.386. The van der Waals surface area contributed by atoms with Gasteiger partial charge in [-0.15, -0.1) is 0 Å². The molecule has 2 fully saturated rings. The van der Waals surface area contributed by atoms with Gasteiger partial charge in [0, 0.05) is 18.1 Å². The van der Waals surface area contributed by atoms with Crippen LogP contribution in [0.15, 0.2) is 0 Å². The molecule has 2 aliphatic rings. The fourth-order valence-corrected chi connectivity index (χ4v) is 3.74. The van der Waals surface area contributed by atoms with E-state index in [0.29, 0.717) is 18.0 Å². The summed E-state index contributed by atoms with van der Waals surface area (Å²) < 4.78 is 4.85. The maximum atomic E-state index is 11.8. The van der Waals surface area contributed by atoms with Gasteiger partial charge < -0.3 is 20.3 Å². The number of carbonyl (C=O) groups is 1. The van der Waals surface area contributed by atoms with E-state index in [0.717, 1.165) is 19.4 Å². The molecule has 0 amide bonds. The Bertz CT molecular complexity index is 368. The molecule has 0 radical (unpaired) electrons. The van der Waals surface area contributed by atoms with Crippen LogP contribution in [0.2, 0.25) is 0 Å². The van der Waals surface area contributed by atoms with Gasteiger partial charge in [0.05, 0.1) is 7.11 Å². The van der Waals surface area contributed by atoms with Crippen molar-refractivity contribution < 1.29 is 9.53 Å². The van der Waals surface area contributed by atoms with Crippen LogP contribution < -0.4 is 5.73 Å². The predicted molar refractivity (Wildman–Crippen MR) is 79.5 cm³/mol. The molecule has 0 spiro atoms. The van der Waals surface area contributed by atoms with Crippen molar-refractivity contribution in [3.05, 3.63) is 0 Å². The van der Waals surface area contributed by atoms with Gasteiger partial charge in [0.15, 0.2) is 0 Å². The van der Waals surface area contributed by atoms with Crippen LogP contribution in [0.1, 0.15) is 38.5 Å². The summed E-state index contributed by atoms with van der Waals surface area (Å²) in [7, 11) is 7.92. The first-order valence-electron chi connectivity index (χ1n) is 7.58. The van der Waals surface area contributed by atoms with Crippen LogP contribution >= 0.6 is 0 Å². The van der Waals surface area contributed by atoms with Crippen molar-refractivity contribution in [3.63, 3.8) is 0 Å². The van der Waals surface area contributed by atoms with E-state index in [-0.39, 0.29) is 5.97 Å². The maximum absolute atomic E-state index is 11.8. The van der Waals surface area contributed by atoms with Crippen LogP contribution in [-0.2, 0) is 9.53 Å². The minimum absolute atomic E-state index is 0.264. The number of ether oxygens (including phenoxy) is 1. The van der Waals surface area contributed by atoms with Gasteiger partial charge in [-0.1, -0.05) is 0 Å². The fourth-order valence-electron chi connectivity index (χ4n) is 3.74. The summed E-state index contributed by atoms with van der Waals surface area (Å²) in [5, 5.41) is 0. The Morgan fingerprint density at radius 3 is 2.40 bits per heavy atom. The van der Waals surface area contributed by atoms with Gasteiger partial charge in [-0.3, -0.25) is 4.79 Å². The minimum atomic E-state index is -0.779. The third-order valence-corrected chi connectivity index (χ3v) is 5.52. The van der Waals surface area contributed by atoms with Gasteiger partial charge in [0.2, 0.25) is 0 Å². The highest BCUT2D eigenvalue weighted by Gasteiger charge is 2.46. The van der Waals surface area contributed by atoms with Crippen molar-refractivity contribution in [2.75, 3.05) is 34.8 Å². The van der Waals surface area contributed by atoms with Crippen molar-refractivity contribution in [3.8, 4) is 0 Å². The number of methoxy groups -OCH3 is 1. The van der Waals surface area contributed by atoms with Crippen LogP contribution in [-0.4, -0.2) is 67.7 Å². The van der Waals surface area contributed by atoms with Crippen molar-refractivity contribution in [1.82, 2.24) is 9.80 Å². The maximum Gasteiger partial charge on any atom is 0.325 e. The molecule has 116 valence electrons. The quantitative estimate of drug-likeness (QED) is 0.757. The lowest BCUT2D eigenvalue weighted by Gasteiger charge is -2.50. The Morgan fingerprint density at radius 2 is 1.95 bits per heavy atom. The van der Waals surface area contributed by atoms with Crippen molar-refractivity contribution >= 4 is 5.97 Å². The monoisotopic (exact) mass is 283 g/mol. The molecule has 0 aromatic carbocycles. The van der Waals surface area contributed by atoms with E-state index < -0.39 is 5.54 Å². The number of hydrogen-bond acceptors (Lipinski definition) is 5. The average Bonchev–Trinajstić information content (AvgIpc) is 2.76. The molecule has 20 heavy (non-hydrogen) atoms. The van der Waals surface area contributed by atoms with Gasteiger partial charge in [0.1, 0.15) is 5.54 Å². The highest BCUT2D eigenvalue weighted by molar-refractivity contribution is 5.81. The van der Waals surface area contributed by atoms with Crippen molar-refractivity contribution in [2.24, 2.45) is 5.73 Å². The Labute approximate surface area is 122 Å². The van der Waals surface area contributed by atoms with Crippen LogP contribution in [0.4, 0.5) is 0 Å². The van der Waals surface area contributed by atoms with Gasteiger partial charge in [-0.25, -0.2) is 0 Å². The third-order valence-electron chi connectivity index (χ3n) is 5.52. The summed E-state index contributed by atoms with van der Waals surface area (Å²) in [6.07, 6.45) is 6.26. The number of esters is 1. The highest BCUT2D eigenvalue weighted by Crippen LogP contribution is 2.39. The first kappa shape index (κ1) is 15.7. The summed E-state index contributed by atoms with van der Waals surface area (Å²) in [6.45, 7) is 1.06. The normalized spacial score (nSPS) is 32.5. The van der Waals surface area contributed by atoms with Crippen LogP contribution in [0, 0.1) is 0 Å². The molecule has 0 aromatic heterocycles. The molecule has 0 aliphatic heterocycles. The van der Waals surface area contributed by atoms with E-state index >= 15 is 0 Å². The number of hydrogen-bond donors (Lipinski definition) is 1. The molecule has 2 N–H and O–H groups in total. The lowest BCUT2D eigenvalue weighted by atomic mass is 9.75. The zero-order chi connectivity index (χ0) is 15.0. The standard InChI is InChI=1S/C15H29N3O2/c1-17(2)14(7-5-8-14)11-18(3)12-6-9-15(16,10-12)13(19)20-4/h12H,5-11,16H2,1-4H3. The molecular weight excluding hydrogens is 254 g/mol. The topological polar surface area (TPSA) is 58.8 Å². The SMILES string of the molecule is COC(=O)C1(N)CCC(N(C)CC2(N(C)C)CCC2)C1. The Hall–Kier alpha value is -0.650. The molecular formula is C15H29N3O2. The molecule has 0 aromatic rings. The second-order valence-corrected chi connectivity index (χ2v) is 6.93. The highest BCUT2D eigenvalue weighted by atomic mass is 16.5. The lowest BCUT2D eigenvalue weighted by molar-refractivity contribution is -0.147. The van der Waals surface area contributed by atoms with E-state index in [1.807, 2.05) is 0 Å². The van der Waals surface area contributed by atoms with E-state index in [1.54, 1.807) is 0 Å². The third kappa shape index (κ3) is 2.71. The minimum Gasteiger partial charge on any atom is -0.468 e. The van der Waals surface area contributed by atoms with E-state index in [9.17, 15) is 4.79 Å². The number of likely N-dealkylation sites (N-methyl/N-ethyl adjacent to an activating group) is 2. The van der Waals surface area contributed by atoms with Crippen molar-refractivity contribution in [1.29, 1.82) is 0 Å². The first-order chi connectivity index (χ1) is 9.33. The fraction of sp³-hybridized carbons (Fsp3) is 0.933. The van der Waals surface area contributed by atoms with Gasteiger partial charge >= 0.3 is 5.97 Å². The molecule has 2 rings (SSSR count). The summed E-state index contributed by atoms with van der Waals surface area (Å²) >= 11 is 0. The second-order valence-electron chi connectivity index (χ2n) is 6.93. The number of rotatable bonds is 5. The zero-order valence-corrected chi connectivity index (χ0v) is 13.3. The van der Waals surface area contributed by atoms with Crippen molar-refractivity contribution in [2.45, 2.75) is 55.6 Å². The summed E-state index contributed by atoms with van der Waals surface area (Å²) in [5.41, 5.74) is 5.74. The van der Waals surface area contributed by atoms with Gasteiger partial charge in [-0.2, -0.15) is 0 Å². The zero-order valence-electron chi connectivity index (χ0n) is 13.3. The number of nitrogens with zero attached hydrogens (tertiary/aromatic N) is 2.